The van der Waals surface area contributed by atoms with Gasteiger partial charge in [-0.05, 0) is 48.0 Å². The standard InChI is InChI=1S/C20H18F4O4/c1-27-18-9-3-13(2-8-17(26)14-4-6-16(25)7-5-14)10-15(18)11-28-12-20(23,24)19(21)22/h2-10,19,25H,11-12H2,1H3/b8-2+. The summed E-state index contributed by atoms with van der Waals surface area (Å²) in [5, 5.41) is 9.24. The van der Waals surface area contributed by atoms with Gasteiger partial charge in [0.2, 0.25) is 0 Å². The summed E-state index contributed by atoms with van der Waals surface area (Å²) in [5.41, 5.74) is 1.30. The largest absolute Gasteiger partial charge is 0.508 e. The first-order valence-electron chi connectivity index (χ1n) is 8.15. The van der Waals surface area contributed by atoms with Gasteiger partial charge in [0.15, 0.2) is 5.78 Å². The minimum absolute atomic E-state index is 0.0396. The van der Waals surface area contributed by atoms with Crippen molar-refractivity contribution < 1.29 is 36.9 Å². The number of carbonyl (C=O) groups excluding carboxylic acids is 1. The first kappa shape index (κ1) is 21.4. The van der Waals surface area contributed by atoms with Gasteiger partial charge in [0.05, 0.1) is 13.7 Å². The van der Waals surface area contributed by atoms with Crippen LogP contribution in [0, 0.1) is 0 Å². The molecule has 0 bridgehead atoms. The van der Waals surface area contributed by atoms with Crippen molar-refractivity contribution in [1.29, 1.82) is 0 Å². The second-order valence-corrected chi connectivity index (χ2v) is 5.87. The monoisotopic (exact) mass is 398 g/mol. The summed E-state index contributed by atoms with van der Waals surface area (Å²) in [4.78, 5) is 12.1. The fourth-order valence-corrected chi connectivity index (χ4v) is 2.27. The summed E-state index contributed by atoms with van der Waals surface area (Å²) in [5.74, 6) is -4.16. The number of ether oxygens (including phenoxy) is 2. The highest BCUT2D eigenvalue weighted by Crippen LogP contribution is 2.26. The van der Waals surface area contributed by atoms with Crippen molar-refractivity contribution in [2.24, 2.45) is 0 Å². The maximum atomic E-state index is 12.9. The summed E-state index contributed by atoms with van der Waals surface area (Å²) in [6.45, 7) is -1.79. The highest BCUT2D eigenvalue weighted by molar-refractivity contribution is 6.06. The highest BCUT2D eigenvalue weighted by atomic mass is 19.3. The molecule has 0 fully saturated rings. The van der Waals surface area contributed by atoms with Gasteiger partial charge in [-0.2, -0.15) is 8.78 Å². The number of halogens is 4. The molecule has 0 spiro atoms. The Morgan fingerprint density at radius 2 is 1.86 bits per heavy atom. The highest BCUT2D eigenvalue weighted by Gasteiger charge is 2.40. The fourth-order valence-electron chi connectivity index (χ4n) is 2.27. The first-order valence-corrected chi connectivity index (χ1v) is 8.15. The summed E-state index contributed by atoms with van der Waals surface area (Å²) < 4.78 is 60.1. The van der Waals surface area contributed by atoms with E-state index in [4.69, 9.17) is 9.47 Å². The fraction of sp³-hybridized carbons (Fsp3) is 0.250. The number of phenolic OH excluding ortho intramolecular Hbond substituents is 1. The molecule has 2 rings (SSSR count). The lowest BCUT2D eigenvalue weighted by Crippen LogP contribution is -2.32. The van der Waals surface area contributed by atoms with Crippen molar-refractivity contribution >= 4 is 11.9 Å². The molecule has 2 aromatic carbocycles. The number of carbonyl (C=O) groups is 1. The number of phenols is 1. The Balaban J connectivity index is 2.08. The number of hydrogen-bond donors (Lipinski definition) is 1. The number of ketones is 1. The molecule has 2 aromatic rings. The molecule has 0 saturated carbocycles. The number of aromatic hydroxyl groups is 1. The van der Waals surface area contributed by atoms with Crippen LogP contribution in [0.2, 0.25) is 0 Å². The van der Waals surface area contributed by atoms with Crippen molar-refractivity contribution in [2.45, 2.75) is 19.0 Å². The molecule has 8 heteroatoms. The molecule has 150 valence electrons. The normalized spacial score (nSPS) is 11.9. The zero-order valence-electron chi connectivity index (χ0n) is 14.9. The number of allylic oxidation sites excluding steroid dienone is 1. The maximum Gasteiger partial charge on any atom is 0.330 e. The van der Waals surface area contributed by atoms with Gasteiger partial charge in [0, 0.05) is 11.1 Å². The average Bonchev–Trinajstić information content (AvgIpc) is 2.66. The lowest BCUT2D eigenvalue weighted by molar-refractivity contribution is -0.168. The van der Waals surface area contributed by atoms with E-state index >= 15 is 0 Å². The van der Waals surface area contributed by atoms with Crippen molar-refractivity contribution in [3.8, 4) is 11.5 Å². The molecule has 4 nitrogen and oxygen atoms in total. The van der Waals surface area contributed by atoms with Crippen LogP contribution in [0.3, 0.4) is 0 Å². The van der Waals surface area contributed by atoms with E-state index in [1.807, 2.05) is 0 Å². The lowest BCUT2D eigenvalue weighted by Gasteiger charge is -2.16. The van der Waals surface area contributed by atoms with Gasteiger partial charge in [-0.1, -0.05) is 12.1 Å². The molecule has 0 atom stereocenters. The molecule has 0 aliphatic carbocycles. The van der Waals surface area contributed by atoms with E-state index < -0.39 is 19.0 Å². The molecule has 0 amide bonds. The molecule has 1 N–H and O–H groups in total. The van der Waals surface area contributed by atoms with Crippen LogP contribution in [0.25, 0.3) is 6.08 Å². The van der Waals surface area contributed by atoms with E-state index in [-0.39, 0.29) is 18.1 Å². The summed E-state index contributed by atoms with van der Waals surface area (Å²) in [7, 11) is 1.37. The van der Waals surface area contributed by atoms with E-state index in [0.717, 1.165) is 0 Å². The number of hydrogen-bond acceptors (Lipinski definition) is 4. The van der Waals surface area contributed by atoms with Gasteiger partial charge in [0.25, 0.3) is 0 Å². The molecular formula is C20H18F4O4. The van der Waals surface area contributed by atoms with Crippen LogP contribution >= 0.6 is 0 Å². The third-order valence-corrected chi connectivity index (χ3v) is 3.75. The first-order chi connectivity index (χ1) is 13.2. The van der Waals surface area contributed by atoms with Gasteiger partial charge in [-0.3, -0.25) is 4.79 Å². The zero-order valence-corrected chi connectivity index (χ0v) is 14.9. The van der Waals surface area contributed by atoms with Gasteiger partial charge in [0.1, 0.15) is 18.1 Å². The molecule has 28 heavy (non-hydrogen) atoms. The molecular weight excluding hydrogens is 380 g/mol. The van der Waals surface area contributed by atoms with Gasteiger partial charge in [-0.25, -0.2) is 8.78 Å². The van der Waals surface area contributed by atoms with Crippen LogP contribution in [0.15, 0.2) is 48.5 Å². The van der Waals surface area contributed by atoms with Crippen LogP contribution in [0.1, 0.15) is 21.5 Å². The van der Waals surface area contributed by atoms with E-state index in [1.54, 1.807) is 18.2 Å². The molecule has 0 aliphatic heterocycles. The second-order valence-electron chi connectivity index (χ2n) is 5.87. The van der Waals surface area contributed by atoms with Gasteiger partial charge in [-0.15, -0.1) is 0 Å². The predicted molar refractivity (Wildman–Crippen MR) is 95.1 cm³/mol. The maximum absolute atomic E-state index is 12.9. The van der Waals surface area contributed by atoms with Crippen LogP contribution in [-0.2, 0) is 11.3 Å². The number of rotatable bonds is 9. The van der Waals surface area contributed by atoms with E-state index in [2.05, 4.69) is 0 Å². The van der Waals surface area contributed by atoms with Crippen LogP contribution in [0.5, 0.6) is 11.5 Å². The van der Waals surface area contributed by atoms with Gasteiger partial charge >= 0.3 is 12.3 Å². The number of methoxy groups -OCH3 is 1. The molecule has 0 aromatic heterocycles. The topological polar surface area (TPSA) is 55.8 Å². The Morgan fingerprint density at radius 1 is 1.18 bits per heavy atom. The predicted octanol–water partition coefficient (Wildman–Crippen LogP) is 4.71. The number of benzene rings is 2. The second kappa shape index (κ2) is 9.36. The Hall–Kier alpha value is -2.87. The third-order valence-electron chi connectivity index (χ3n) is 3.75. The molecule has 0 aliphatic rings. The summed E-state index contributed by atoms with van der Waals surface area (Å²) >= 11 is 0. The minimum atomic E-state index is -4.23. The minimum Gasteiger partial charge on any atom is -0.508 e. The third kappa shape index (κ3) is 5.82. The average molecular weight is 398 g/mol. The smallest absolute Gasteiger partial charge is 0.330 e. The molecule has 0 radical (unpaired) electrons. The van der Waals surface area contributed by atoms with E-state index in [0.29, 0.717) is 22.4 Å². The Bertz CT molecular complexity index is 833. The quantitative estimate of drug-likeness (QED) is 0.378. The Morgan fingerprint density at radius 3 is 2.46 bits per heavy atom. The lowest BCUT2D eigenvalue weighted by atomic mass is 10.1. The van der Waals surface area contributed by atoms with Crippen LogP contribution < -0.4 is 4.74 Å². The molecule has 0 saturated heterocycles. The Kier molecular flexibility index (Phi) is 7.17. The number of alkyl halides is 4. The van der Waals surface area contributed by atoms with E-state index in [9.17, 15) is 27.5 Å². The Labute approximate surface area is 159 Å². The SMILES string of the molecule is COc1ccc(/C=C/C(=O)c2ccc(O)cc2)cc1COCC(F)(F)C(F)F. The molecule has 0 heterocycles. The molecule has 0 unspecified atom stereocenters. The van der Waals surface area contributed by atoms with Gasteiger partial charge < -0.3 is 14.6 Å². The summed E-state index contributed by atoms with van der Waals surface area (Å²) in [6.07, 6.45) is -0.995. The van der Waals surface area contributed by atoms with Crippen LogP contribution in [0.4, 0.5) is 17.6 Å². The van der Waals surface area contributed by atoms with Crippen molar-refractivity contribution in [3.05, 3.63) is 65.2 Å². The van der Waals surface area contributed by atoms with Crippen molar-refractivity contribution in [1.82, 2.24) is 0 Å². The van der Waals surface area contributed by atoms with Crippen LogP contribution in [-0.4, -0.2) is 37.0 Å². The van der Waals surface area contributed by atoms with Crippen molar-refractivity contribution in [2.75, 3.05) is 13.7 Å². The van der Waals surface area contributed by atoms with Crippen molar-refractivity contribution in [3.63, 3.8) is 0 Å². The van der Waals surface area contributed by atoms with E-state index in [1.165, 1.54) is 43.5 Å². The zero-order chi connectivity index (χ0) is 20.7. The summed E-state index contributed by atoms with van der Waals surface area (Å²) in [6, 6.07) is 10.4.